The van der Waals surface area contributed by atoms with Gasteiger partial charge >= 0.3 is 6.03 Å². The van der Waals surface area contributed by atoms with E-state index in [0.717, 1.165) is 31.6 Å². The molecule has 1 fully saturated rings. The Bertz CT molecular complexity index is 1060. The highest BCUT2D eigenvalue weighted by molar-refractivity contribution is 14.0. The number of H-pyrrole nitrogens is 1. The first-order chi connectivity index (χ1) is 19.2. The second kappa shape index (κ2) is 22.8. The van der Waals surface area contributed by atoms with E-state index in [-0.39, 0.29) is 50.8 Å². The van der Waals surface area contributed by atoms with E-state index < -0.39 is 11.9 Å². The number of urea groups is 1. The third kappa shape index (κ3) is 14.5. The summed E-state index contributed by atoms with van der Waals surface area (Å²) < 4.78 is 13.9. The van der Waals surface area contributed by atoms with Crippen molar-refractivity contribution < 1.29 is 16.8 Å². The van der Waals surface area contributed by atoms with Crippen LogP contribution in [0.15, 0.2) is 56.3 Å². The smallest absolute Gasteiger partial charge is 0.317 e. The van der Waals surface area contributed by atoms with Gasteiger partial charge in [0.05, 0.1) is 12.1 Å². The van der Waals surface area contributed by atoms with Crippen LogP contribution in [0.1, 0.15) is 69.0 Å². The minimum absolute atomic E-state index is 0. The van der Waals surface area contributed by atoms with Crippen LogP contribution in [0.5, 0.6) is 0 Å². The number of halogens is 2. The number of amides is 3. The van der Waals surface area contributed by atoms with E-state index in [1.807, 2.05) is 34.6 Å². The van der Waals surface area contributed by atoms with E-state index in [1.54, 1.807) is 30.2 Å². The summed E-state index contributed by atoms with van der Waals surface area (Å²) in [4.78, 5) is 36.8. The van der Waals surface area contributed by atoms with Crippen molar-refractivity contribution in [3.8, 4) is 0 Å². The van der Waals surface area contributed by atoms with Crippen molar-refractivity contribution in [2.75, 3.05) is 26.7 Å². The number of nitrogens with zero attached hydrogens (tertiary/aromatic N) is 3. The lowest BCUT2D eigenvalue weighted by atomic mass is 10.1. The number of para-hydroxylation sites is 1. The molecule has 3 N–H and O–H groups in total. The SMILES string of the molecule is C=C.C=C(C[C@H](NC(=O)N(C)CC(C)C)C(=O)NCc1nc2c(F)cccc2[nH]1)N1CCCCC1.C=CC.CC.I.[HH].[HH]. The van der Waals surface area contributed by atoms with Crippen molar-refractivity contribution >= 4 is 46.9 Å². The summed E-state index contributed by atoms with van der Waals surface area (Å²) in [5.41, 5.74) is 1.64. The average molecular weight is 691 g/mol. The molecule has 1 aromatic carbocycles. The van der Waals surface area contributed by atoms with E-state index in [4.69, 9.17) is 0 Å². The molecule has 3 amide bonds. The number of aromatic nitrogens is 2. The molecule has 8 nitrogen and oxygen atoms in total. The first-order valence-corrected chi connectivity index (χ1v) is 14.1. The number of imidazole rings is 1. The molecule has 0 saturated carbocycles. The Hall–Kier alpha value is -2.89. The molecular weight excluding hydrogens is 634 g/mol. The summed E-state index contributed by atoms with van der Waals surface area (Å²) in [6.07, 6.45) is 5.47. The maximum atomic E-state index is 13.9. The quantitative estimate of drug-likeness (QED) is 0.188. The molecule has 2 aromatic rings. The predicted molar refractivity (Wildman–Crippen MR) is 185 cm³/mol. The first kappa shape index (κ1) is 40.2. The zero-order chi connectivity index (χ0) is 30.7. The monoisotopic (exact) mass is 690 g/mol. The molecule has 0 spiro atoms. The summed E-state index contributed by atoms with van der Waals surface area (Å²) >= 11 is 0. The van der Waals surface area contributed by atoms with Gasteiger partial charge in [-0.15, -0.1) is 43.7 Å². The minimum Gasteiger partial charge on any atom is -0.375 e. The molecule has 1 aliphatic heterocycles. The summed E-state index contributed by atoms with van der Waals surface area (Å²) in [6.45, 7) is 26.0. The van der Waals surface area contributed by atoms with Crippen LogP contribution in [0.3, 0.4) is 0 Å². The molecule has 1 aliphatic rings. The molecule has 0 radical (unpaired) electrons. The number of allylic oxidation sites excluding steroid dienone is 1. The Balaban J connectivity index is -0.000000702. The highest BCUT2D eigenvalue weighted by Crippen LogP contribution is 2.18. The molecule has 2 heterocycles. The predicted octanol–water partition coefficient (Wildman–Crippen LogP) is 7.50. The Morgan fingerprint density at radius 2 is 1.80 bits per heavy atom. The number of aromatic amines is 1. The van der Waals surface area contributed by atoms with Crippen LogP contribution >= 0.6 is 24.0 Å². The van der Waals surface area contributed by atoms with E-state index >= 15 is 0 Å². The lowest BCUT2D eigenvalue weighted by Crippen LogP contribution is -2.51. The third-order valence-electron chi connectivity index (χ3n) is 5.79. The molecule has 1 aromatic heterocycles. The van der Waals surface area contributed by atoms with Gasteiger partial charge in [0.1, 0.15) is 17.4 Å². The fraction of sp³-hybridized carbons (Fsp3) is 0.516. The molecule has 1 saturated heterocycles. The second-order valence-electron chi connectivity index (χ2n) is 9.54. The Labute approximate surface area is 266 Å². The van der Waals surface area contributed by atoms with Crippen LogP contribution in [-0.4, -0.2) is 64.4 Å². The van der Waals surface area contributed by atoms with Gasteiger partial charge in [0.15, 0.2) is 5.82 Å². The van der Waals surface area contributed by atoms with Crippen LogP contribution in [0.4, 0.5) is 9.18 Å². The van der Waals surface area contributed by atoms with Crippen molar-refractivity contribution in [1.29, 1.82) is 0 Å². The van der Waals surface area contributed by atoms with Crippen molar-refractivity contribution in [2.24, 2.45) is 5.92 Å². The summed E-state index contributed by atoms with van der Waals surface area (Å²) in [7, 11) is 1.71. The Kier molecular flexibility index (Phi) is 22.3. The van der Waals surface area contributed by atoms with Gasteiger partial charge in [-0.25, -0.2) is 14.2 Å². The number of piperidine rings is 1. The van der Waals surface area contributed by atoms with Gasteiger partial charge in [0, 0.05) is 41.7 Å². The van der Waals surface area contributed by atoms with E-state index in [9.17, 15) is 14.0 Å². The van der Waals surface area contributed by atoms with E-state index in [2.05, 4.69) is 51.8 Å². The second-order valence-corrected chi connectivity index (χ2v) is 9.54. The normalized spacial score (nSPS) is 12.5. The van der Waals surface area contributed by atoms with Crippen LogP contribution in [0, 0.1) is 11.7 Å². The van der Waals surface area contributed by atoms with Crippen LogP contribution in [0.2, 0.25) is 0 Å². The number of carbonyl (C=O) groups excluding carboxylic acids is 2. The Morgan fingerprint density at radius 3 is 2.34 bits per heavy atom. The summed E-state index contributed by atoms with van der Waals surface area (Å²) in [5, 5.41) is 5.69. The lowest BCUT2D eigenvalue weighted by Gasteiger charge is -2.32. The Morgan fingerprint density at radius 1 is 1.22 bits per heavy atom. The number of rotatable bonds is 9. The molecule has 41 heavy (non-hydrogen) atoms. The molecule has 0 aliphatic carbocycles. The largest absolute Gasteiger partial charge is 0.375 e. The van der Waals surface area contributed by atoms with Crippen LogP contribution in [-0.2, 0) is 11.3 Å². The highest BCUT2D eigenvalue weighted by Gasteiger charge is 2.26. The molecule has 10 heteroatoms. The number of hydrogen-bond donors (Lipinski definition) is 3. The zero-order valence-electron chi connectivity index (χ0n) is 25.9. The van der Waals surface area contributed by atoms with Gasteiger partial charge < -0.3 is 25.4 Å². The van der Waals surface area contributed by atoms with Gasteiger partial charge in [-0.2, -0.15) is 0 Å². The topological polar surface area (TPSA) is 93.4 Å². The van der Waals surface area contributed by atoms with Crippen molar-refractivity contribution in [3.63, 3.8) is 0 Å². The molecular formula is C31H56FIN6O2. The number of nitrogens with one attached hydrogen (secondary N) is 3. The maximum Gasteiger partial charge on any atom is 0.317 e. The number of carbonyl (C=O) groups is 2. The fourth-order valence-electron chi connectivity index (χ4n) is 4.10. The lowest BCUT2D eigenvalue weighted by molar-refractivity contribution is -0.123. The van der Waals surface area contributed by atoms with E-state index in [0.29, 0.717) is 30.2 Å². The first-order valence-electron chi connectivity index (χ1n) is 14.1. The van der Waals surface area contributed by atoms with Gasteiger partial charge in [-0.3, -0.25) is 4.79 Å². The molecule has 1 atom stereocenters. The molecule has 0 unspecified atom stereocenters. The average Bonchev–Trinajstić information content (AvgIpc) is 3.38. The number of likely N-dealkylation sites (tertiary alicyclic amines) is 1. The number of fused-ring (bicyclic) bond motifs is 1. The number of hydrogen-bond acceptors (Lipinski definition) is 4. The van der Waals surface area contributed by atoms with Crippen molar-refractivity contribution in [1.82, 2.24) is 30.4 Å². The van der Waals surface area contributed by atoms with Gasteiger partial charge in [-0.1, -0.05) is 46.4 Å². The van der Waals surface area contributed by atoms with E-state index in [1.165, 1.54) is 12.5 Å². The van der Waals surface area contributed by atoms with Crippen molar-refractivity contribution in [3.05, 3.63) is 67.9 Å². The third-order valence-corrected chi connectivity index (χ3v) is 5.79. The zero-order valence-corrected chi connectivity index (χ0v) is 28.2. The molecule has 0 bridgehead atoms. The van der Waals surface area contributed by atoms with Crippen LogP contribution < -0.4 is 10.6 Å². The summed E-state index contributed by atoms with van der Waals surface area (Å²) in [6, 6.07) is 3.59. The van der Waals surface area contributed by atoms with Crippen molar-refractivity contribution in [2.45, 2.75) is 72.9 Å². The van der Waals surface area contributed by atoms with Crippen LogP contribution in [0.25, 0.3) is 11.0 Å². The van der Waals surface area contributed by atoms with Gasteiger partial charge in [-0.05, 0) is 44.2 Å². The fourth-order valence-corrected chi connectivity index (χ4v) is 4.10. The maximum absolute atomic E-state index is 13.9. The molecule has 3 rings (SSSR count). The number of benzene rings is 1. The van der Waals surface area contributed by atoms with Gasteiger partial charge in [0.2, 0.25) is 5.91 Å². The van der Waals surface area contributed by atoms with Gasteiger partial charge in [0.25, 0.3) is 0 Å². The molecule has 236 valence electrons. The minimum atomic E-state index is -0.775. The standard InChI is InChI=1S/C24H35FN6O2.C3H6.C2H6.C2H4.HI.2H2/c1-16(2)15-30(4)24(33)28-20(13-17(3)31-11-6-5-7-12-31)23(32)26-14-21-27-19-10-8-9-18(25)22(19)29-21;1-3-2;2*1-2;;;/h8-10,16,20H,3,5-7,11-15H2,1-2,4H3,(H,26,32)(H,27,29)(H,28,33);3H,1H2,2H3;1-2H3;1-2H2;3*1H/t20-;;;;;;/m0....../s1. The summed E-state index contributed by atoms with van der Waals surface area (Å²) in [5.74, 6) is 0.00278. The highest BCUT2D eigenvalue weighted by atomic mass is 127.